The summed E-state index contributed by atoms with van der Waals surface area (Å²) in [5.41, 5.74) is 4.65. The number of rotatable bonds is 5. The van der Waals surface area contributed by atoms with E-state index in [1.807, 2.05) is 36.4 Å². The summed E-state index contributed by atoms with van der Waals surface area (Å²) in [5, 5.41) is 7.97. The third kappa shape index (κ3) is 4.66. The number of carbonyl (C=O) groups is 1. The van der Waals surface area contributed by atoms with Crippen molar-refractivity contribution in [3.8, 4) is 0 Å². The van der Waals surface area contributed by atoms with E-state index in [1.165, 1.54) is 5.69 Å². The van der Waals surface area contributed by atoms with Crippen LogP contribution < -0.4 is 10.2 Å². The lowest BCUT2D eigenvalue weighted by Crippen LogP contribution is -2.44. The van der Waals surface area contributed by atoms with Gasteiger partial charge in [0.25, 0.3) is 5.91 Å². The molecule has 4 rings (SSSR count). The number of hydrogen-bond acceptors (Lipinski definition) is 4. The van der Waals surface area contributed by atoms with Gasteiger partial charge in [-0.25, -0.2) is 0 Å². The molecular weight excluding hydrogens is 398 g/mol. The molecule has 2 aromatic carbocycles. The second-order valence-electron chi connectivity index (χ2n) is 7.76. The van der Waals surface area contributed by atoms with Crippen LogP contribution >= 0.6 is 11.6 Å². The van der Waals surface area contributed by atoms with E-state index < -0.39 is 0 Å². The molecule has 30 heavy (non-hydrogen) atoms. The van der Waals surface area contributed by atoms with Crippen LogP contribution in [0.15, 0.2) is 54.9 Å². The number of aromatic nitrogens is 2. The first-order valence-corrected chi connectivity index (χ1v) is 10.5. The van der Waals surface area contributed by atoms with Gasteiger partial charge in [-0.1, -0.05) is 29.8 Å². The summed E-state index contributed by atoms with van der Waals surface area (Å²) in [5.74, 6) is -0.174. The van der Waals surface area contributed by atoms with Crippen molar-refractivity contribution in [3.05, 3.63) is 76.6 Å². The monoisotopic (exact) mass is 423 g/mol. The zero-order valence-corrected chi connectivity index (χ0v) is 18.1. The highest BCUT2D eigenvalue weighted by molar-refractivity contribution is 6.31. The van der Waals surface area contributed by atoms with Crippen molar-refractivity contribution in [3.63, 3.8) is 0 Å². The molecule has 6 nitrogen and oxygen atoms in total. The first-order chi connectivity index (χ1) is 14.5. The number of likely N-dealkylation sites (N-methyl/N-ethyl adjacent to an activating group) is 1. The summed E-state index contributed by atoms with van der Waals surface area (Å²) in [6, 6.07) is 13.7. The van der Waals surface area contributed by atoms with Gasteiger partial charge in [-0.2, -0.15) is 5.10 Å². The Morgan fingerprint density at radius 3 is 2.63 bits per heavy atom. The number of halogens is 1. The highest BCUT2D eigenvalue weighted by Gasteiger charge is 2.16. The van der Waals surface area contributed by atoms with E-state index in [0.29, 0.717) is 17.1 Å². The van der Waals surface area contributed by atoms with Gasteiger partial charge in [-0.15, -0.1) is 0 Å². The molecular formula is C23H26ClN5O. The SMILES string of the molecule is Cc1cc(NC(=O)c2cnn(Cc3ccccc3Cl)c2)ccc1N1CCN(C)CC1. The lowest BCUT2D eigenvalue weighted by atomic mass is 10.1. The fraction of sp³-hybridized carbons (Fsp3) is 0.304. The number of hydrogen-bond donors (Lipinski definition) is 1. The minimum atomic E-state index is -0.174. The van der Waals surface area contributed by atoms with Crippen molar-refractivity contribution in [2.75, 3.05) is 43.4 Å². The number of benzene rings is 2. The number of amides is 1. The number of piperazine rings is 1. The minimum Gasteiger partial charge on any atom is -0.369 e. The van der Waals surface area contributed by atoms with Gasteiger partial charge < -0.3 is 15.1 Å². The molecule has 1 N–H and O–H groups in total. The number of carbonyl (C=O) groups excluding carboxylic acids is 1. The molecule has 2 heterocycles. The van der Waals surface area contributed by atoms with E-state index in [9.17, 15) is 4.79 Å². The second kappa shape index (κ2) is 8.90. The number of anilines is 2. The maximum Gasteiger partial charge on any atom is 0.258 e. The molecule has 7 heteroatoms. The van der Waals surface area contributed by atoms with Gasteiger partial charge in [-0.3, -0.25) is 9.48 Å². The molecule has 0 bridgehead atoms. The average molecular weight is 424 g/mol. The third-order valence-electron chi connectivity index (χ3n) is 5.48. The highest BCUT2D eigenvalue weighted by Crippen LogP contribution is 2.25. The topological polar surface area (TPSA) is 53.4 Å². The Bertz CT molecular complexity index is 1040. The Morgan fingerprint density at radius 1 is 1.13 bits per heavy atom. The fourth-order valence-electron chi connectivity index (χ4n) is 3.71. The predicted molar refractivity (Wildman–Crippen MR) is 122 cm³/mol. The van der Waals surface area contributed by atoms with E-state index >= 15 is 0 Å². The van der Waals surface area contributed by atoms with Crippen LogP contribution in [0.25, 0.3) is 0 Å². The Morgan fingerprint density at radius 2 is 1.90 bits per heavy atom. The second-order valence-corrected chi connectivity index (χ2v) is 8.17. The van der Waals surface area contributed by atoms with Gasteiger partial charge in [0.15, 0.2) is 0 Å². The van der Waals surface area contributed by atoms with Crippen molar-refractivity contribution < 1.29 is 4.79 Å². The summed E-state index contributed by atoms with van der Waals surface area (Å²) < 4.78 is 1.72. The zero-order valence-electron chi connectivity index (χ0n) is 17.3. The molecule has 1 aliphatic heterocycles. The van der Waals surface area contributed by atoms with Crippen LogP contribution in [0.4, 0.5) is 11.4 Å². The Hall–Kier alpha value is -2.83. The van der Waals surface area contributed by atoms with E-state index in [4.69, 9.17) is 11.6 Å². The smallest absolute Gasteiger partial charge is 0.258 e. The molecule has 0 aliphatic carbocycles. The summed E-state index contributed by atoms with van der Waals surface area (Å²) in [6.07, 6.45) is 3.32. The molecule has 0 unspecified atom stereocenters. The van der Waals surface area contributed by atoms with Crippen molar-refractivity contribution >= 4 is 28.9 Å². The molecule has 0 saturated carbocycles. The number of nitrogens with one attached hydrogen (secondary N) is 1. The zero-order chi connectivity index (χ0) is 21.1. The normalized spacial score (nSPS) is 14.7. The van der Waals surface area contributed by atoms with Gasteiger partial charge >= 0.3 is 0 Å². The van der Waals surface area contributed by atoms with E-state index in [0.717, 1.165) is 43.0 Å². The van der Waals surface area contributed by atoms with Crippen LogP contribution in [-0.4, -0.2) is 53.8 Å². The van der Waals surface area contributed by atoms with Crippen LogP contribution in [0, 0.1) is 6.92 Å². The van der Waals surface area contributed by atoms with Gasteiger partial charge in [0, 0.05) is 48.8 Å². The van der Waals surface area contributed by atoms with Crippen molar-refractivity contribution in [1.29, 1.82) is 0 Å². The molecule has 1 saturated heterocycles. The van der Waals surface area contributed by atoms with Gasteiger partial charge in [0.2, 0.25) is 0 Å². The first-order valence-electron chi connectivity index (χ1n) is 10.1. The van der Waals surface area contributed by atoms with Crippen molar-refractivity contribution in [2.24, 2.45) is 0 Å². The van der Waals surface area contributed by atoms with Crippen LogP contribution in [0.3, 0.4) is 0 Å². The predicted octanol–water partition coefficient (Wildman–Crippen LogP) is 3.90. The summed E-state index contributed by atoms with van der Waals surface area (Å²) in [6.45, 7) is 6.78. The van der Waals surface area contributed by atoms with E-state index in [-0.39, 0.29) is 5.91 Å². The Balaban J connectivity index is 1.41. The Kier molecular flexibility index (Phi) is 6.06. The molecule has 0 spiro atoms. The molecule has 156 valence electrons. The third-order valence-corrected chi connectivity index (χ3v) is 5.85. The quantitative estimate of drug-likeness (QED) is 0.676. The molecule has 0 atom stereocenters. The summed E-state index contributed by atoms with van der Waals surface area (Å²) in [4.78, 5) is 17.4. The van der Waals surface area contributed by atoms with Crippen molar-refractivity contribution in [2.45, 2.75) is 13.5 Å². The van der Waals surface area contributed by atoms with Crippen LogP contribution in [0.5, 0.6) is 0 Å². The minimum absolute atomic E-state index is 0.174. The summed E-state index contributed by atoms with van der Waals surface area (Å²) in [7, 11) is 2.15. The van der Waals surface area contributed by atoms with Crippen LogP contribution in [0.2, 0.25) is 5.02 Å². The van der Waals surface area contributed by atoms with E-state index in [1.54, 1.807) is 17.1 Å². The first kappa shape index (κ1) is 20.4. The Labute approximate surface area is 182 Å². The lowest BCUT2D eigenvalue weighted by molar-refractivity contribution is 0.102. The van der Waals surface area contributed by atoms with Gasteiger partial charge in [-0.05, 0) is 49.4 Å². The van der Waals surface area contributed by atoms with Gasteiger partial charge in [0.05, 0.1) is 18.3 Å². The van der Waals surface area contributed by atoms with E-state index in [2.05, 4.69) is 40.3 Å². The molecule has 0 radical (unpaired) electrons. The molecule has 1 aromatic heterocycles. The molecule has 1 fully saturated rings. The molecule has 3 aromatic rings. The lowest BCUT2D eigenvalue weighted by Gasteiger charge is -2.35. The maximum atomic E-state index is 12.7. The van der Waals surface area contributed by atoms with Gasteiger partial charge in [0.1, 0.15) is 0 Å². The van der Waals surface area contributed by atoms with Crippen LogP contribution in [0.1, 0.15) is 21.5 Å². The average Bonchev–Trinajstić information content (AvgIpc) is 3.20. The molecule has 1 amide bonds. The maximum absolute atomic E-state index is 12.7. The van der Waals surface area contributed by atoms with Crippen LogP contribution in [-0.2, 0) is 6.54 Å². The number of nitrogens with zero attached hydrogens (tertiary/aromatic N) is 4. The number of aryl methyl sites for hydroxylation is 1. The summed E-state index contributed by atoms with van der Waals surface area (Å²) >= 11 is 6.22. The fourth-order valence-corrected chi connectivity index (χ4v) is 3.90. The largest absolute Gasteiger partial charge is 0.369 e. The van der Waals surface area contributed by atoms with Crippen molar-refractivity contribution in [1.82, 2.24) is 14.7 Å². The highest BCUT2D eigenvalue weighted by atomic mass is 35.5. The molecule has 1 aliphatic rings. The standard InChI is InChI=1S/C23H26ClN5O/c1-17-13-20(7-8-22(17)28-11-9-27(2)10-12-28)26-23(30)19-14-25-29(16-19)15-18-5-3-4-6-21(18)24/h3-8,13-14,16H,9-12,15H2,1-2H3,(H,26,30).